The molecule has 4 N–H and O–H groups in total. The van der Waals surface area contributed by atoms with Crippen LogP contribution in [-0.4, -0.2) is 14.9 Å². The third-order valence-corrected chi connectivity index (χ3v) is 4.55. The molecule has 0 saturated heterocycles. The predicted molar refractivity (Wildman–Crippen MR) is 98.2 cm³/mol. The molecule has 1 aromatic heterocycles. The van der Waals surface area contributed by atoms with Crippen molar-refractivity contribution in [2.45, 2.75) is 9.79 Å². The van der Waals surface area contributed by atoms with E-state index in [2.05, 4.69) is 9.97 Å². The molecule has 0 aliphatic rings. The second-order valence-corrected chi connectivity index (χ2v) is 6.27. The number of nitrogen functional groups attached to an aromatic ring is 2. The molecule has 0 aliphatic heterocycles. The number of nitro benzene ring substituents is 1. The predicted octanol–water partition coefficient (Wildman–Crippen LogP) is 3.24. The number of hydrogen-bond donors (Lipinski definition) is 2. The van der Waals surface area contributed by atoms with E-state index in [9.17, 15) is 15.4 Å². The molecule has 0 radical (unpaired) electrons. The first-order valence-corrected chi connectivity index (χ1v) is 8.16. The van der Waals surface area contributed by atoms with E-state index in [0.717, 1.165) is 4.90 Å². The molecule has 0 spiro atoms. The van der Waals surface area contributed by atoms with E-state index in [4.69, 9.17) is 11.5 Å². The SMILES string of the molecule is N#Cc1c(N)nc(N)nc1-c1cc([N+](=O)[O-])ccc1Sc1ccccc1. The first kappa shape index (κ1) is 17.2. The van der Waals surface area contributed by atoms with Gasteiger partial charge >= 0.3 is 0 Å². The molecule has 0 unspecified atom stereocenters. The van der Waals surface area contributed by atoms with Gasteiger partial charge in [-0.05, 0) is 18.2 Å². The number of rotatable bonds is 4. The summed E-state index contributed by atoms with van der Waals surface area (Å²) in [6, 6.07) is 15.8. The van der Waals surface area contributed by atoms with Gasteiger partial charge in [0.25, 0.3) is 5.69 Å². The summed E-state index contributed by atoms with van der Waals surface area (Å²) in [7, 11) is 0. The van der Waals surface area contributed by atoms with E-state index in [0.29, 0.717) is 10.5 Å². The van der Waals surface area contributed by atoms with E-state index in [1.54, 1.807) is 6.07 Å². The molecule has 128 valence electrons. The van der Waals surface area contributed by atoms with Crippen LogP contribution < -0.4 is 11.5 Å². The molecular formula is C17H12N6O2S. The highest BCUT2D eigenvalue weighted by atomic mass is 32.2. The maximum atomic E-state index is 11.2. The van der Waals surface area contributed by atoms with Gasteiger partial charge in [-0.1, -0.05) is 30.0 Å². The number of nitriles is 1. The highest BCUT2D eigenvalue weighted by Crippen LogP contribution is 2.39. The van der Waals surface area contributed by atoms with Gasteiger partial charge in [0, 0.05) is 27.5 Å². The Morgan fingerprint density at radius 2 is 1.85 bits per heavy atom. The van der Waals surface area contributed by atoms with Gasteiger partial charge in [-0.2, -0.15) is 10.2 Å². The zero-order valence-corrected chi connectivity index (χ0v) is 14.1. The Hall–Kier alpha value is -3.64. The summed E-state index contributed by atoms with van der Waals surface area (Å²) in [5.41, 5.74) is 11.9. The number of nitro groups is 1. The zero-order valence-electron chi connectivity index (χ0n) is 13.3. The van der Waals surface area contributed by atoms with Crippen molar-refractivity contribution in [3.63, 3.8) is 0 Å². The van der Waals surface area contributed by atoms with Gasteiger partial charge in [0.05, 0.1) is 10.6 Å². The normalized spacial score (nSPS) is 10.3. The van der Waals surface area contributed by atoms with Crippen molar-refractivity contribution in [1.82, 2.24) is 9.97 Å². The van der Waals surface area contributed by atoms with E-state index in [1.807, 2.05) is 36.4 Å². The minimum Gasteiger partial charge on any atom is -0.382 e. The Morgan fingerprint density at radius 3 is 2.50 bits per heavy atom. The molecule has 3 rings (SSSR count). The summed E-state index contributed by atoms with van der Waals surface area (Å²) in [6.07, 6.45) is 0. The fourth-order valence-corrected chi connectivity index (χ4v) is 3.27. The topological polar surface area (TPSA) is 145 Å². The number of nitrogens with two attached hydrogens (primary N) is 2. The zero-order chi connectivity index (χ0) is 18.7. The summed E-state index contributed by atoms with van der Waals surface area (Å²) in [5, 5.41) is 20.6. The van der Waals surface area contributed by atoms with Gasteiger partial charge < -0.3 is 11.5 Å². The summed E-state index contributed by atoms with van der Waals surface area (Å²) < 4.78 is 0. The lowest BCUT2D eigenvalue weighted by molar-refractivity contribution is -0.384. The van der Waals surface area contributed by atoms with Crippen LogP contribution in [0.1, 0.15) is 5.56 Å². The molecule has 0 fully saturated rings. The van der Waals surface area contributed by atoms with Crippen molar-refractivity contribution in [2.75, 3.05) is 11.5 Å². The Kier molecular flexibility index (Phi) is 4.68. The van der Waals surface area contributed by atoms with Gasteiger partial charge in [0.1, 0.15) is 17.5 Å². The Balaban J connectivity index is 2.23. The smallest absolute Gasteiger partial charge is 0.270 e. The average molecular weight is 364 g/mol. The van der Waals surface area contributed by atoms with Crippen molar-refractivity contribution in [2.24, 2.45) is 0 Å². The first-order chi connectivity index (χ1) is 12.5. The third kappa shape index (κ3) is 3.40. The van der Waals surface area contributed by atoms with Crippen LogP contribution in [0.25, 0.3) is 11.3 Å². The quantitative estimate of drug-likeness (QED) is 0.530. The molecule has 9 heteroatoms. The molecule has 0 atom stereocenters. The third-order valence-electron chi connectivity index (χ3n) is 3.47. The average Bonchev–Trinajstić information content (AvgIpc) is 2.62. The molecule has 0 bridgehead atoms. The van der Waals surface area contributed by atoms with E-state index in [-0.39, 0.29) is 28.7 Å². The summed E-state index contributed by atoms with van der Waals surface area (Å²) in [5.74, 6) is -0.184. The van der Waals surface area contributed by atoms with Crippen LogP contribution >= 0.6 is 11.8 Å². The minimum atomic E-state index is -0.513. The highest BCUT2D eigenvalue weighted by molar-refractivity contribution is 7.99. The van der Waals surface area contributed by atoms with Crippen LogP contribution in [0, 0.1) is 21.4 Å². The maximum absolute atomic E-state index is 11.2. The number of aromatic nitrogens is 2. The van der Waals surface area contributed by atoms with Crippen molar-refractivity contribution < 1.29 is 4.92 Å². The van der Waals surface area contributed by atoms with Crippen molar-refractivity contribution in [3.8, 4) is 17.3 Å². The monoisotopic (exact) mass is 364 g/mol. The molecular weight excluding hydrogens is 352 g/mol. The Bertz CT molecular complexity index is 1030. The van der Waals surface area contributed by atoms with Gasteiger partial charge in [-0.15, -0.1) is 0 Å². The van der Waals surface area contributed by atoms with Gasteiger partial charge in [0.15, 0.2) is 0 Å². The van der Waals surface area contributed by atoms with Crippen LogP contribution in [0.15, 0.2) is 58.3 Å². The van der Waals surface area contributed by atoms with Crippen LogP contribution in [0.2, 0.25) is 0 Å². The largest absolute Gasteiger partial charge is 0.382 e. The second-order valence-electron chi connectivity index (χ2n) is 5.16. The van der Waals surface area contributed by atoms with Crippen LogP contribution in [-0.2, 0) is 0 Å². The number of benzene rings is 2. The molecule has 0 amide bonds. The minimum absolute atomic E-state index is 0.0228. The van der Waals surface area contributed by atoms with Crippen molar-refractivity contribution >= 4 is 29.2 Å². The Morgan fingerprint density at radius 1 is 1.12 bits per heavy atom. The van der Waals surface area contributed by atoms with E-state index in [1.165, 1.54) is 23.9 Å². The standard InChI is InChI=1S/C17H12N6O2S/c18-9-13-15(21-17(20)22-16(13)19)12-8-10(23(24)25)6-7-14(12)26-11-4-2-1-3-5-11/h1-8H,(H4,19,20,21,22). The van der Waals surface area contributed by atoms with Crippen LogP contribution in [0.5, 0.6) is 0 Å². The lowest BCUT2D eigenvalue weighted by Crippen LogP contribution is -2.05. The maximum Gasteiger partial charge on any atom is 0.270 e. The van der Waals surface area contributed by atoms with Gasteiger partial charge in [-0.25, -0.2) is 4.98 Å². The molecule has 0 aliphatic carbocycles. The fraction of sp³-hybridized carbons (Fsp3) is 0. The molecule has 0 saturated carbocycles. The first-order valence-electron chi connectivity index (χ1n) is 7.34. The van der Waals surface area contributed by atoms with Gasteiger partial charge in [-0.3, -0.25) is 10.1 Å². The summed E-state index contributed by atoms with van der Waals surface area (Å²) in [4.78, 5) is 20.2. The Labute approximate surface area is 152 Å². The molecule has 1 heterocycles. The van der Waals surface area contributed by atoms with Crippen LogP contribution in [0.3, 0.4) is 0 Å². The summed E-state index contributed by atoms with van der Waals surface area (Å²) >= 11 is 1.39. The molecule has 2 aromatic carbocycles. The number of non-ortho nitro benzene ring substituents is 1. The van der Waals surface area contributed by atoms with Crippen molar-refractivity contribution in [1.29, 1.82) is 5.26 Å². The fourth-order valence-electron chi connectivity index (χ4n) is 2.32. The number of hydrogen-bond acceptors (Lipinski definition) is 8. The molecule has 3 aromatic rings. The second kappa shape index (κ2) is 7.08. The number of anilines is 2. The van der Waals surface area contributed by atoms with Crippen molar-refractivity contribution in [3.05, 3.63) is 64.2 Å². The molecule has 26 heavy (non-hydrogen) atoms. The summed E-state index contributed by atoms with van der Waals surface area (Å²) in [6.45, 7) is 0. The lowest BCUT2D eigenvalue weighted by Gasteiger charge is -2.11. The van der Waals surface area contributed by atoms with Crippen LogP contribution in [0.4, 0.5) is 17.5 Å². The molecule has 8 nitrogen and oxygen atoms in total. The van der Waals surface area contributed by atoms with Gasteiger partial charge in [0.2, 0.25) is 5.95 Å². The lowest BCUT2D eigenvalue weighted by atomic mass is 10.1. The van der Waals surface area contributed by atoms with E-state index < -0.39 is 4.92 Å². The number of nitrogens with zero attached hydrogens (tertiary/aromatic N) is 4. The van der Waals surface area contributed by atoms with E-state index >= 15 is 0 Å². The highest BCUT2D eigenvalue weighted by Gasteiger charge is 2.20.